The minimum atomic E-state index is -2.19. The van der Waals surface area contributed by atoms with E-state index in [2.05, 4.69) is 45.0 Å². The summed E-state index contributed by atoms with van der Waals surface area (Å²) in [5.74, 6) is -3.64. The van der Waals surface area contributed by atoms with Gasteiger partial charge in [-0.25, -0.2) is 0 Å². The fourth-order valence-electron chi connectivity index (χ4n) is 3.53. The summed E-state index contributed by atoms with van der Waals surface area (Å²) in [6.07, 6.45) is 5.23. The number of rotatable bonds is 5. The second-order valence-corrected chi connectivity index (χ2v) is 7.64. The predicted octanol–water partition coefficient (Wildman–Crippen LogP) is 1.22. The topological polar surface area (TPSA) is 83.5 Å². The van der Waals surface area contributed by atoms with E-state index < -0.39 is 11.9 Å². The summed E-state index contributed by atoms with van der Waals surface area (Å²) < 4.78 is 0. The van der Waals surface area contributed by atoms with Gasteiger partial charge in [0.25, 0.3) is 0 Å². The van der Waals surface area contributed by atoms with Gasteiger partial charge in [-0.3, -0.25) is 0 Å². The van der Waals surface area contributed by atoms with Crippen molar-refractivity contribution in [2.24, 2.45) is 5.92 Å². The Balaban J connectivity index is 0.000000450. The number of nitrogens with zero attached hydrogens (tertiary/aromatic N) is 1. The Hall–Kier alpha value is -1.59. The maximum absolute atomic E-state index is 8.93. The molecule has 0 heterocycles. The Labute approximate surface area is 154 Å². The van der Waals surface area contributed by atoms with Crippen LogP contribution in [0.15, 0.2) is 24.3 Å². The number of carboxylic acid groups (broad SMARTS) is 2. The zero-order chi connectivity index (χ0) is 19.2. The van der Waals surface area contributed by atoms with Gasteiger partial charge in [0.2, 0.25) is 0 Å². The molecule has 1 fully saturated rings. The van der Waals surface area contributed by atoms with E-state index in [-0.39, 0.29) is 0 Å². The van der Waals surface area contributed by atoms with Crippen molar-refractivity contribution < 1.29 is 19.8 Å². The highest BCUT2D eigenvalue weighted by Gasteiger charge is 2.46. The molecule has 0 amide bonds. The molecule has 1 aliphatic rings. The van der Waals surface area contributed by atoms with E-state index in [1.54, 1.807) is 0 Å². The van der Waals surface area contributed by atoms with Crippen molar-refractivity contribution >= 4 is 23.5 Å². The molecule has 0 bridgehead atoms. The van der Waals surface area contributed by atoms with Crippen molar-refractivity contribution in [3.8, 4) is 0 Å². The van der Waals surface area contributed by atoms with E-state index in [0.717, 1.165) is 10.9 Å². The van der Waals surface area contributed by atoms with Crippen molar-refractivity contribution in [2.45, 2.75) is 51.0 Å². The van der Waals surface area contributed by atoms with E-state index >= 15 is 0 Å². The van der Waals surface area contributed by atoms with E-state index in [4.69, 9.17) is 31.4 Å². The molecule has 1 saturated carbocycles. The number of carbonyl (C=O) groups is 2. The van der Waals surface area contributed by atoms with Crippen LogP contribution in [0.25, 0.3) is 0 Å². The van der Waals surface area contributed by atoms with Gasteiger partial charge in [0.05, 0.1) is 11.9 Å². The zero-order valence-corrected chi connectivity index (χ0v) is 16.0. The van der Waals surface area contributed by atoms with Crippen LogP contribution >= 0.6 is 11.6 Å². The number of benzene rings is 1. The fourth-order valence-corrected chi connectivity index (χ4v) is 3.66. The van der Waals surface area contributed by atoms with Gasteiger partial charge in [0.15, 0.2) is 0 Å². The smallest absolute Gasteiger partial charge is 0.0870 e. The summed E-state index contributed by atoms with van der Waals surface area (Å²) in [4.78, 5) is 20.3. The molecular formula is C19H26ClNO4-2. The van der Waals surface area contributed by atoms with E-state index in [0.29, 0.717) is 11.5 Å². The molecule has 0 saturated heterocycles. The van der Waals surface area contributed by atoms with Gasteiger partial charge in [-0.05, 0) is 57.0 Å². The van der Waals surface area contributed by atoms with Gasteiger partial charge in [0.1, 0.15) is 0 Å². The molecule has 6 heteroatoms. The van der Waals surface area contributed by atoms with Crippen LogP contribution in [0.1, 0.15) is 45.1 Å². The monoisotopic (exact) mass is 367 g/mol. The van der Waals surface area contributed by atoms with Crippen molar-refractivity contribution in [2.75, 3.05) is 14.1 Å². The molecule has 0 spiro atoms. The molecule has 0 radical (unpaired) electrons. The second-order valence-electron chi connectivity index (χ2n) is 7.20. The summed E-state index contributed by atoms with van der Waals surface area (Å²) in [6.45, 7) is 4.65. The normalized spacial score (nSPS) is 16.6. The number of likely N-dealkylation sites (N-methyl/N-ethyl adjacent to an activating group) is 1. The first-order chi connectivity index (χ1) is 11.6. The Bertz CT molecular complexity index is 568. The Morgan fingerprint density at radius 1 is 1.12 bits per heavy atom. The highest BCUT2D eigenvalue weighted by molar-refractivity contribution is 6.30. The summed E-state index contributed by atoms with van der Waals surface area (Å²) in [7, 11) is 4.45. The van der Waals surface area contributed by atoms with Crippen LogP contribution in [0.4, 0.5) is 0 Å². The van der Waals surface area contributed by atoms with Crippen LogP contribution in [0.5, 0.6) is 0 Å². The lowest BCUT2D eigenvalue weighted by Crippen LogP contribution is -2.52. The van der Waals surface area contributed by atoms with Crippen LogP contribution in [0, 0.1) is 5.92 Å². The standard InChI is InChI=1S/C17H26ClN.C2H2O4/c1-13(2)12-16(19(3)4)17(10-5-11-17)14-6-8-15(18)9-7-14;3-1(4)2(5)6/h6-9,13,16H,5,10-12H2,1-4H3;(H,3,4)(H,5,6)/p-2. The van der Waals surface area contributed by atoms with Gasteiger partial charge in [-0.2, -0.15) is 0 Å². The number of hydrogen-bond donors (Lipinski definition) is 0. The van der Waals surface area contributed by atoms with Crippen LogP contribution in [-0.2, 0) is 15.0 Å². The molecule has 5 nitrogen and oxygen atoms in total. The average Bonchev–Trinajstić information content (AvgIpc) is 2.47. The largest absolute Gasteiger partial charge is 0.543 e. The lowest BCUT2D eigenvalue weighted by atomic mass is 9.58. The first-order valence-corrected chi connectivity index (χ1v) is 8.82. The van der Waals surface area contributed by atoms with E-state index in [1.165, 1.54) is 31.2 Å². The van der Waals surface area contributed by atoms with Gasteiger partial charge in [-0.1, -0.05) is 44.0 Å². The lowest BCUT2D eigenvalue weighted by molar-refractivity contribution is -0.345. The molecule has 1 aromatic carbocycles. The van der Waals surface area contributed by atoms with Crippen LogP contribution < -0.4 is 10.2 Å². The quantitative estimate of drug-likeness (QED) is 0.731. The third-order valence-corrected chi connectivity index (χ3v) is 5.04. The zero-order valence-electron chi connectivity index (χ0n) is 15.3. The average molecular weight is 368 g/mol. The molecule has 1 atom stereocenters. The molecular weight excluding hydrogens is 342 g/mol. The van der Waals surface area contributed by atoms with Crippen molar-refractivity contribution in [3.05, 3.63) is 34.9 Å². The van der Waals surface area contributed by atoms with Gasteiger partial charge < -0.3 is 24.7 Å². The third-order valence-electron chi connectivity index (χ3n) is 4.79. The number of aliphatic carboxylic acids is 2. The maximum atomic E-state index is 8.93. The molecule has 1 aliphatic carbocycles. The number of hydrogen-bond acceptors (Lipinski definition) is 5. The highest BCUT2D eigenvalue weighted by atomic mass is 35.5. The predicted molar refractivity (Wildman–Crippen MR) is 93.9 cm³/mol. The molecule has 0 N–H and O–H groups in total. The van der Waals surface area contributed by atoms with E-state index in [1.807, 2.05) is 12.1 Å². The molecule has 0 aliphatic heterocycles. The van der Waals surface area contributed by atoms with Gasteiger partial charge >= 0.3 is 0 Å². The van der Waals surface area contributed by atoms with Crippen LogP contribution in [0.3, 0.4) is 0 Å². The minimum absolute atomic E-state index is 0.346. The second kappa shape index (κ2) is 9.20. The summed E-state index contributed by atoms with van der Waals surface area (Å²) in [5, 5.41) is 18.7. The molecule has 0 aromatic heterocycles. The van der Waals surface area contributed by atoms with Crippen LogP contribution in [0.2, 0.25) is 5.02 Å². The van der Waals surface area contributed by atoms with Crippen molar-refractivity contribution in [1.29, 1.82) is 0 Å². The molecule has 2 rings (SSSR count). The molecule has 1 unspecified atom stereocenters. The lowest BCUT2D eigenvalue weighted by Gasteiger charge is -2.51. The SMILES string of the molecule is CC(C)CC(N(C)C)C1(c2ccc(Cl)cc2)CCC1.O=C([O-])C(=O)[O-]. The van der Waals surface area contributed by atoms with Crippen molar-refractivity contribution in [3.63, 3.8) is 0 Å². The van der Waals surface area contributed by atoms with Crippen molar-refractivity contribution in [1.82, 2.24) is 4.90 Å². The summed E-state index contributed by atoms with van der Waals surface area (Å²) in [6, 6.07) is 9.18. The maximum Gasteiger partial charge on any atom is 0.0870 e. The Morgan fingerprint density at radius 3 is 1.88 bits per heavy atom. The van der Waals surface area contributed by atoms with Gasteiger partial charge in [-0.15, -0.1) is 0 Å². The number of carbonyl (C=O) groups excluding carboxylic acids is 2. The fraction of sp³-hybridized carbons (Fsp3) is 0.579. The summed E-state index contributed by atoms with van der Waals surface area (Å²) >= 11 is 6.04. The summed E-state index contributed by atoms with van der Waals surface area (Å²) in [5.41, 5.74) is 1.82. The van der Waals surface area contributed by atoms with Gasteiger partial charge in [0, 0.05) is 16.5 Å². The first kappa shape index (κ1) is 21.5. The molecule has 140 valence electrons. The minimum Gasteiger partial charge on any atom is -0.543 e. The highest BCUT2D eigenvalue weighted by Crippen LogP contribution is 2.49. The van der Waals surface area contributed by atoms with Crippen LogP contribution in [-0.4, -0.2) is 37.0 Å². The number of carboxylic acids is 2. The first-order valence-electron chi connectivity index (χ1n) is 8.45. The van der Waals surface area contributed by atoms with E-state index in [9.17, 15) is 0 Å². The molecule has 25 heavy (non-hydrogen) atoms. The Kier molecular flexibility index (Phi) is 7.90. The Morgan fingerprint density at radius 2 is 1.60 bits per heavy atom. The number of halogens is 1. The third kappa shape index (κ3) is 5.72. The molecule has 1 aromatic rings.